The second-order valence-electron chi connectivity index (χ2n) is 6.64. The fourth-order valence-electron chi connectivity index (χ4n) is 2.97. The maximum atomic E-state index is 13.6. The Balaban J connectivity index is 1.57. The maximum absolute atomic E-state index is 13.6. The largest absolute Gasteiger partial charge is 0.459 e. The Labute approximate surface area is 179 Å². The van der Waals surface area contributed by atoms with Gasteiger partial charge in [0, 0.05) is 23.6 Å². The summed E-state index contributed by atoms with van der Waals surface area (Å²) in [7, 11) is 0. The molecule has 2 amide bonds. The van der Waals surface area contributed by atoms with E-state index in [0.717, 1.165) is 6.07 Å². The molecule has 2 N–H and O–H groups in total. The summed E-state index contributed by atoms with van der Waals surface area (Å²) in [6.45, 7) is 0. The van der Waals surface area contributed by atoms with Gasteiger partial charge in [-0.05, 0) is 54.6 Å². The van der Waals surface area contributed by atoms with Crippen molar-refractivity contribution in [2.24, 2.45) is 0 Å². The number of hydrogen-bond donors (Lipinski definition) is 2. The van der Waals surface area contributed by atoms with Gasteiger partial charge in [-0.25, -0.2) is 4.68 Å². The minimum atomic E-state index is -4.70. The van der Waals surface area contributed by atoms with Crippen molar-refractivity contribution in [2.45, 2.75) is 6.18 Å². The Kier molecular flexibility index (Phi) is 5.50. The van der Waals surface area contributed by atoms with Crippen LogP contribution in [0, 0.1) is 0 Å². The molecule has 0 unspecified atom stereocenters. The van der Waals surface area contributed by atoms with Gasteiger partial charge in [0.2, 0.25) is 0 Å². The first-order valence-corrected chi connectivity index (χ1v) is 9.29. The van der Waals surface area contributed by atoms with Crippen LogP contribution in [0.25, 0.3) is 5.69 Å². The number of amides is 2. The summed E-state index contributed by atoms with van der Waals surface area (Å²) in [5.41, 5.74) is -0.872. The zero-order chi connectivity index (χ0) is 22.7. The van der Waals surface area contributed by atoms with E-state index in [-0.39, 0.29) is 22.7 Å². The van der Waals surface area contributed by atoms with Crippen LogP contribution in [0.2, 0.25) is 0 Å². The molecule has 0 aliphatic rings. The van der Waals surface area contributed by atoms with Gasteiger partial charge in [-0.15, -0.1) is 0 Å². The molecule has 0 bridgehead atoms. The summed E-state index contributed by atoms with van der Waals surface area (Å²) in [5, 5.41) is 8.77. The lowest BCUT2D eigenvalue weighted by molar-refractivity contribution is -0.136. The lowest BCUT2D eigenvalue weighted by atomic mass is 10.1. The lowest BCUT2D eigenvalue weighted by Gasteiger charge is -2.16. The van der Waals surface area contributed by atoms with Gasteiger partial charge >= 0.3 is 6.18 Å². The molecule has 0 aliphatic heterocycles. The average molecular weight is 440 g/mol. The Hall–Kier alpha value is -4.34. The molecule has 0 saturated carbocycles. The highest BCUT2D eigenvalue weighted by Crippen LogP contribution is 2.36. The fraction of sp³-hybridized carbons (Fsp3) is 0.0455. The fourth-order valence-corrected chi connectivity index (χ4v) is 2.97. The third kappa shape index (κ3) is 4.53. The van der Waals surface area contributed by atoms with Crippen molar-refractivity contribution in [3.8, 4) is 5.69 Å². The number of furan rings is 1. The van der Waals surface area contributed by atoms with Gasteiger partial charge in [0.15, 0.2) is 5.76 Å². The topological polar surface area (TPSA) is 89.2 Å². The van der Waals surface area contributed by atoms with Crippen LogP contribution >= 0.6 is 0 Å². The molecule has 2 aromatic carbocycles. The number of halogens is 3. The Morgan fingerprint density at radius 1 is 0.938 bits per heavy atom. The first-order valence-electron chi connectivity index (χ1n) is 9.29. The molecule has 0 spiro atoms. The first-order chi connectivity index (χ1) is 15.3. The van der Waals surface area contributed by atoms with Crippen molar-refractivity contribution < 1.29 is 27.2 Å². The van der Waals surface area contributed by atoms with Crippen molar-refractivity contribution in [3.63, 3.8) is 0 Å². The van der Waals surface area contributed by atoms with E-state index < -0.39 is 29.2 Å². The molecule has 7 nitrogen and oxygen atoms in total. The van der Waals surface area contributed by atoms with Crippen LogP contribution in [0.4, 0.5) is 24.5 Å². The van der Waals surface area contributed by atoms with Crippen LogP contribution in [-0.4, -0.2) is 21.6 Å². The summed E-state index contributed by atoms with van der Waals surface area (Å²) in [6.07, 6.45) is -0.407. The van der Waals surface area contributed by atoms with Crippen LogP contribution in [0.3, 0.4) is 0 Å². The summed E-state index contributed by atoms with van der Waals surface area (Å²) in [4.78, 5) is 24.7. The van der Waals surface area contributed by atoms with Gasteiger partial charge in [-0.3, -0.25) is 9.59 Å². The van der Waals surface area contributed by atoms with Gasteiger partial charge in [0.05, 0.1) is 23.2 Å². The molecule has 32 heavy (non-hydrogen) atoms. The number of benzene rings is 2. The quantitative estimate of drug-likeness (QED) is 0.458. The third-order valence-corrected chi connectivity index (χ3v) is 4.45. The van der Waals surface area contributed by atoms with E-state index in [4.69, 9.17) is 4.42 Å². The summed E-state index contributed by atoms with van der Waals surface area (Å²) >= 11 is 0. The number of alkyl halides is 3. The van der Waals surface area contributed by atoms with Crippen LogP contribution in [0.15, 0.2) is 83.7 Å². The molecule has 162 valence electrons. The molecular formula is C22H15F3N4O3. The van der Waals surface area contributed by atoms with E-state index in [1.165, 1.54) is 65.8 Å². The van der Waals surface area contributed by atoms with Crippen LogP contribution < -0.4 is 10.6 Å². The maximum Gasteiger partial charge on any atom is 0.418 e. The molecule has 0 radical (unpaired) electrons. The van der Waals surface area contributed by atoms with Crippen LogP contribution in [-0.2, 0) is 6.18 Å². The molecule has 10 heteroatoms. The molecule has 0 saturated heterocycles. The Bertz CT molecular complexity index is 1250. The van der Waals surface area contributed by atoms with Gasteiger partial charge in [0.1, 0.15) is 0 Å². The average Bonchev–Trinajstić information content (AvgIpc) is 3.48. The number of nitrogens with one attached hydrogen (secondary N) is 2. The highest BCUT2D eigenvalue weighted by Gasteiger charge is 2.34. The van der Waals surface area contributed by atoms with E-state index in [1.54, 1.807) is 12.1 Å². The zero-order valence-electron chi connectivity index (χ0n) is 16.3. The van der Waals surface area contributed by atoms with Crippen LogP contribution in [0.1, 0.15) is 26.5 Å². The van der Waals surface area contributed by atoms with E-state index >= 15 is 0 Å². The minimum Gasteiger partial charge on any atom is -0.459 e. The molecule has 2 heterocycles. The van der Waals surface area contributed by atoms with Crippen molar-refractivity contribution in [1.82, 2.24) is 9.78 Å². The monoisotopic (exact) mass is 440 g/mol. The lowest BCUT2D eigenvalue weighted by Crippen LogP contribution is -2.18. The molecule has 0 fully saturated rings. The van der Waals surface area contributed by atoms with E-state index in [1.807, 2.05) is 0 Å². The standard InChI is InChI=1S/C22H15F3N4O3/c23-22(24,25)17-13-16(29-10-3-9-26-29)7-8-18(17)28-20(30)14-4-1-5-15(12-14)27-21(31)19-6-2-11-32-19/h1-13H,(H,27,31)(H,28,30). The summed E-state index contributed by atoms with van der Waals surface area (Å²) in [6, 6.07) is 13.9. The summed E-state index contributed by atoms with van der Waals surface area (Å²) < 4.78 is 47.2. The summed E-state index contributed by atoms with van der Waals surface area (Å²) in [5.74, 6) is -1.22. The number of aromatic nitrogens is 2. The molecule has 4 aromatic rings. The van der Waals surface area contributed by atoms with Crippen molar-refractivity contribution in [3.05, 3.63) is 96.2 Å². The number of hydrogen-bond acceptors (Lipinski definition) is 4. The molecule has 2 aromatic heterocycles. The highest BCUT2D eigenvalue weighted by molar-refractivity contribution is 6.07. The number of carbonyl (C=O) groups excluding carboxylic acids is 2. The number of anilines is 2. The normalized spacial score (nSPS) is 11.2. The molecule has 4 rings (SSSR count). The second kappa shape index (κ2) is 8.42. The number of carbonyl (C=O) groups is 2. The Morgan fingerprint density at radius 2 is 1.78 bits per heavy atom. The second-order valence-corrected chi connectivity index (χ2v) is 6.64. The van der Waals surface area contributed by atoms with E-state index in [9.17, 15) is 22.8 Å². The predicted octanol–water partition coefficient (Wildman–Crippen LogP) is 4.99. The van der Waals surface area contributed by atoms with Crippen molar-refractivity contribution >= 4 is 23.2 Å². The van der Waals surface area contributed by atoms with E-state index in [2.05, 4.69) is 15.7 Å². The molecule has 0 aliphatic carbocycles. The SMILES string of the molecule is O=C(Nc1ccc(-n2cccn2)cc1C(F)(F)F)c1cccc(NC(=O)c2ccco2)c1. The smallest absolute Gasteiger partial charge is 0.418 e. The minimum absolute atomic E-state index is 0.0616. The van der Waals surface area contributed by atoms with Crippen LogP contribution in [0.5, 0.6) is 0 Å². The highest BCUT2D eigenvalue weighted by atomic mass is 19.4. The zero-order valence-corrected chi connectivity index (χ0v) is 16.3. The predicted molar refractivity (Wildman–Crippen MR) is 110 cm³/mol. The van der Waals surface area contributed by atoms with Gasteiger partial charge < -0.3 is 15.1 Å². The first kappa shape index (κ1) is 20.9. The molecular weight excluding hydrogens is 425 g/mol. The van der Waals surface area contributed by atoms with Gasteiger partial charge in [-0.2, -0.15) is 18.3 Å². The van der Waals surface area contributed by atoms with Gasteiger partial charge in [-0.1, -0.05) is 6.07 Å². The molecule has 0 atom stereocenters. The third-order valence-electron chi connectivity index (χ3n) is 4.45. The van der Waals surface area contributed by atoms with Crippen molar-refractivity contribution in [2.75, 3.05) is 10.6 Å². The number of rotatable bonds is 5. The van der Waals surface area contributed by atoms with Gasteiger partial charge in [0.25, 0.3) is 11.8 Å². The Morgan fingerprint density at radius 3 is 2.47 bits per heavy atom. The van der Waals surface area contributed by atoms with E-state index in [0.29, 0.717) is 0 Å². The van der Waals surface area contributed by atoms with Crippen molar-refractivity contribution in [1.29, 1.82) is 0 Å². The number of nitrogens with zero attached hydrogens (tertiary/aromatic N) is 2.